The van der Waals surface area contributed by atoms with Gasteiger partial charge in [0.25, 0.3) is 0 Å². The third-order valence-corrected chi connectivity index (χ3v) is 5.58. The molecule has 0 bridgehead atoms. The number of benzene rings is 2. The number of hydrogen-bond acceptors (Lipinski definition) is 3. The number of nitrogens with zero attached hydrogens (tertiary/aromatic N) is 2. The molecule has 7 heteroatoms. The average Bonchev–Trinajstić information content (AvgIpc) is 2.94. The molecule has 1 heterocycles. The quantitative estimate of drug-likeness (QED) is 0.456. The summed E-state index contributed by atoms with van der Waals surface area (Å²) in [6.45, 7) is 2.06. The zero-order chi connectivity index (χ0) is 22.0. The first kappa shape index (κ1) is 21.1. The molecule has 0 atom stereocenters. The van der Waals surface area contributed by atoms with Crippen LogP contribution < -0.4 is 5.32 Å². The van der Waals surface area contributed by atoms with E-state index in [0.717, 1.165) is 35.2 Å². The second-order valence-corrected chi connectivity index (χ2v) is 7.53. The molecule has 0 fully saturated rings. The van der Waals surface area contributed by atoms with Crippen molar-refractivity contribution in [2.45, 2.75) is 25.9 Å². The van der Waals surface area contributed by atoms with Crippen LogP contribution in [0.3, 0.4) is 0 Å². The summed E-state index contributed by atoms with van der Waals surface area (Å²) in [5, 5.41) is 4.73. The Morgan fingerprint density at radius 3 is 2.65 bits per heavy atom. The fourth-order valence-corrected chi connectivity index (χ4v) is 3.80. The van der Waals surface area contributed by atoms with E-state index in [0.29, 0.717) is 22.3 Å². The first-order chi connectivity index (χ1) is 14.9. The summed E-state index contributed by atoms with van der Waals surface area (Å²) in [4.78, 5) is 8.60. The van der Waals surface area contributed by atoms with Crippen LogP contribution in [-0.4, -0.2) is 9.97 Å². The lowest BCUT2D eigenvalue weighted by molar-refractivity contribution is -0.137. The van der Waals surface area contributed by atoms with Crippen molar-refractivity contribution in [3.05, 3.63) is 88.9 Å². The van der Waals surface area contributed by atoms with Crippen LogP contribution in [0.25, 0.3) is 22.0 Å². The van der Waals surface area contributed by atoms with E-state index in [-0.39, 0.29) is 5.56 Å². The van der Waals surface area contributed by atoms with E-state index >= 15 is 0 Å². The summed E-state index contributed by atoms with van der Waals surface area (Å²) < 4.78 is 40.3. The fourth-order valence-electron chi connectivity index (χ4n) is 3.53. The Balaban J connectivity index is 1.70. The minimum atomic E-state index is -4.44. The van der Waals surface area contributed by atoms with E-state index in [4.69, 9.17) is 11.6 Å². The minimum absolute atomic E-state index is 0.118. The molecule has 0 amide bonds. The van der Waals surface area contributed by atoms with Crippen molar-refractivity contribution in [3.8, 4) is 11.1 Å². The van der Waals surface area contributed by atoms with Gasteiger partial charge in [0.05, 0.1) is 11.1 Å². The third kappa shape index (κ3) is 4.49. The van der Waals surface area contributed by atoms with Crippen molar-refractivity contribution < 1.29 is 13.2 Å². The van der Waals surface area contributed by atoms with E-state index in [2.05, 4.69) is 22.2 Å². The normalized spacial score (nSPS) is 14.5. The molecule has 1 N–H and O–H groups in total. The van der Waals surface area contributed by atoms with Gasteiger partial charge in [-0.3, -0.25) is 0 Å². The van der Waals surface area contributed by atoms with Crippen LogP contribution in [0.1, 0.15) is 25.3 Å². The van der Waals surface area contributed by atoms with Crippen LogP contribution in [0, 0.1) is 0 Å². The van der Waals surface area contributed by atoms with Crippen molar-refractivity contribution in [2.24, 2.45) is 0 Å². The number of fused-ring (bicyclic) bond motifs is 1. The van der Waals surface area contributed by atoms with Gasteiger partial charge in [-0.15, -0.1) is 0 Å². The second kappa shape index (κ2) is 8.55. The van der Waals surface area contributed by atoms with E-state index in [1.165, 1.54) is 18.5 Å². The van der Waals surface area contributed by atoms with Crippen molar-refractivity contribution in [1.82, 2.24) is 9.97 Å². The highest BCUT2D eigenvalue weighted by Crippen LogP contribution is 2.38. The standard InChI is InChI=1S/C24H19ClF3N3/c1-2-15-7-9-17(10-12-21(15)25)31-23-19-11-8-16(13-22(19)29-14-30-23)18-5-3-4-6-20(18)24(26,27)28/h3-6,8-14H,2,7H2,1H3,(H,29,30,31). The van der Waals surface area contributed by atoms with Gasteiger partial charge in [-0.25, -0.2) is 9.97 Å². The highest BCUT2D eigenvalue weighted by molar-refractivity contribution is 6.31. The SMILES string of the molecule is CCC1=C(Cl)C=CC(Nc2ncnc3cc(-c4ccccc4C(F)(F)F)ccc23)=CC1. The molecule has 0 unspecified atom stereocenters. The number of nitrogens with one attached hydrogen (secondary N) is 1. The molecule has 0 saturated carbocycles. The van der Waals surface area contributed by atoms with Gasteiger partial charge in [-0.1, -0.05) is 48.9 Å². The number of halogens is 4. The lowest BCUT2D eigenvalue weighted by Crippen LogP contribution is -2.07. The summed E-state index contributed by atoms with van der Waals surface area (Å²) in [5.74, 6) is 0.577. The maximum Gasteiger partial charge on any atom is 0.417 e. The van der Waals surface area contributed by atoms with E-state index in [1.54, 1.807) is 24.3 Å². The number of allylic oxidation sites excluding steroid dienone is 5. The smallest absolute Gasteiger partial charge is 0.340 e. The van der Waals surface area contributed by atoms with Gasteiger partial charge >= 0.3 is 6.18 Å². The number of aromatic nitrogens is 2. The zero-order valence-electron chi connectivity index (χ0n) is 16.7. The minimum Gasteiger partial charge on any atom is -0.340 e. The second-order valence-electron chi connectivity index (χ2n) is 7.12. The number of anilines is 1. The van der Waals surface area contributed by atoms with Crippen molar-refractivity contribution in [2.75, 3.05) is 5.32 Å². The van der Waals surface area contributed by atoms with Gasteiger partial charge in [0.1, 0.15) is 12.1 Å². The molecule has 0 radical (unpaired) electrons. The molecule has 31 heavy (non-hydrogen) atoms. The van der Waals surface area contributed by atoms with Gasteiger partial charge in [0.15, 0.2) is 0 Å². The molecule has 2 aromatic carbocycles. The molecule has 3 nitrogen and oxygen atoms in total. The number of alkyl halides is 3. The lowest BCUT2D eigenvalue weighted by atomic mass is 9.98. The highest BCUT2D eigenvalue weighted by atomic mass is 35.5. The third-order valence-electron chi connectivity index (χ3n) is 5.18. The summed E-state index contributed by atoms with van der Waals surface area (Å²) >= 11 is 6.30. The van der Waals surface area contributed by atoms with Crippen LogP contribution >= 0.6 is 11.6 Å². The Morgan fingerprint density at radius 1 is 1.06 bits per heavy atom. The topological polar surface area (TPSA) is 37.8 Å². The van der Waals surface area contributed by atoms with Crippen LogP contribution in [0.15, 0.2) is 83.3 Å². The molecule has 0 saturated heterocycles. The molecule has 1 aliphatic rings. The van der Waals surface area contributed by atoms with Gasteiger partial charge in [-0.05, 0) is 59.9 Å². The molecule has 0 spiro atoms. The van der Waals surface area contributed by atoms with E-state index in [9.17, 15) is 13.2 Å². The molecule has 4 rings (SSSR count). The number of hydrogen-bond donors (Lipinski definition) is 1. The Hall–Kier alpha value is -3.12. The maximum absolute atomic E-state index is 13.4. The molecule has 0 aliphatic heterocycles. The monoisotopic (exact) mass is 441 g/mol. The Bertz CT molecular complexity index is 1230. The Morgan fingerprint density at radius 2 is 1.87 bits per heavy atom. The summed E-state index contributed by atoms with van der Waals surface area (Å²) in [6.07, 6.45) is 4.32. The summed E-state index contributed by atoms with van der Waals surface area (Å²) in [6, 6.07) is 10.6. The van der Waals surface area contributed by atoms with Crippen LogP contribution in [-0.2, 0) is 6.18 Å². The molecular formula is C24H19ClF3N3. The zero-order valence-corrected chi connectivity index (χ0v) is 17.4. The highest BCUT2D eigenvalue weighted by Gasteiger charge is 2.33. The molecule has 3 aromatic rings. The Labute approximate surface area is 183 Å². The first-order valence-electron chi connectivity index (χ1n) is 9.81. The summed E-state index contributed by atoms with van der Waals surface area (Å²) in [5.41, 5.74) is 2.43. The van der Waals surface area contributed by atoms with Crippen molar-refractivity contribution in [3.63, 3.8) is 0 Å². The van der Waals surface area contributed by atoms with E-state index in [1.807, 2.05) is 18.2 Å². The maximum atomic E-state index is 13.4. The van der Waals surface area contributed by atoms with Crippen LogP contribution in [0.5, 0.6) is 0 Å². The number of rotatable bonds is 4. The predicted molar refractivity (Wildman–Crippen MR) is 119 cm³/mol. The lowest BCUT2D eigenvalue weighted by Gasteiger charge is -2.14. The molecule has 1 aliphatic carbocycles. The average molecular weight is 442 g/mol. The van der Waals surface area contributed by atoms with Crippen LogP contribution in [0.2, 0.25) is 0 Å². The van der Waals surface area contributed by atoms with Gasteiger partial charge in [0.2, 0.25) is 0 Å². The Kier molecular flexibility index (Phi) is 5.83. The fraction of sp³-hybridized carbons (Fsp3) is 0.167. The molecule has 158 valence electrons. The van der Waals surface area contributed by atoms with Crippen molar-refractivity contribution in [1.29, 1.82) is 0 Å². The molecule has 1 aromatic heterocycles. The first-order valence-corrected chi connectivity index (χ1v) is 10.2. The largest absolute Gasteiger partial charge is 0.417 e. The van der Waals surface area contributed by atoms with Gasteiger partial charge in [0, 0.05) is 16.1 Å². The van der Waals surface area contributed by atoms with Gasteiger partial charge in [-0.2, -0.15) is 13.2 Å². The van der Waals surface area contributed by atoms with Gasteiger partial charge < -0.3 is 5.32 Å². The molecular weight excluding hydrogens is 423 g/mol. The van der Waals surface area contributed by atoms with Crippen molar-refractivity contribution >= 4 is 28.3 Å². The summed E-state index contributed by atoms with van der Waals surface area (Å²) in [7, 11) is 0. The van der Waals surface area contributed by atoms with E-state index < -0.39 is 11.7 Å². The van der Waals surface area contributed by atoms with Crippen LogP contribution in [0.4, 0.5) is 19.0 Å². The predicted octanol–water partition coefficient (Wildman–Crippen LogP) is 7.47.